The number of hydrogen-bond acceptors (Lipinski definition) is 7. The third kappa shape index (κ3) is 2.76. The maximum atomic E-state index is 12.9. The maximum absolute atomic E-state index is 12.9. The van der Waals surface area contributed by atoms with Crippen molar-refractivity contribution in [2.75, 3.05) is 25.2 Å². The number of carbonyl (C=O) groups is 4. The number of β-lactam (4-membered cyclic amide) rings is 1. The maximum Gasteiger partial charge on any atom is 0.356 e. The first kappa shape index (κ1) is 18.7. The highest BCUT2D eigenvalue weighted by Gasteiger charge is 2.52. The SMILES string of the molecule is COc1ccccc1N1CC(=O)/C(=C\C2=C(C(=O)O)N3C(=O)[C@@H](N)[C@H]3CO2)C1=O. The Bertz CT molecular complexity index is 1010. The van der Waals surface area contributed by atoms with Gasteiger partial charge in [0.25, 0.3) is 5.91 Å². The standard InChI is InChI=1S/C19H17N3O7/c1-28-13-5-3-2-4-10(13)21-7-12(23)9(17(21)24)6-14-16(19(26)27)22-11(8-29-14)15(20)18(22)25/h2-6,11,15H,7-8,20H2,1H3,(H,26,27)/b9-6+/t11-,15+/m1/s1. The van der Waals surface area contributed by atoms with Crippen molar-refractivity contribution < 1.29 is 33.8 Å². The Balaban J connectivity index is 1.72. The number of hydrogen-bond donors (Lipinski definition) is 2. The highest BCUT2D eigenvalue weighted by Crippen LogP contribution is 2.35. The van der Waals surface area contributed by atoms with Crippen molar-refractivity contribution in [2.45, 2.75) is 12.1 Å². The minimum atomic E-state index is -1.42. The fraction of sp³-hybridized carbons (Fsp3) is 0.263. The molecule has 0 radical (unpaired) electrons. The van der Waals surface area contributed by atoms with Gasteiger partial charge in [-0.3, -0.25) is 24.2 Å². The first-order valence-electron chi connectivity index (χ1n) is 8.74. The number of anilines is 1. The number of ketones is 1. The van der Waals surface area contributed by atoms with E-state index in [0.717, 1.165) is 11.0 Å². The number of methoxy groups -OCH3 is 1. The lowest BCUT2D eigenvalue weighted by Gasteiger charge is -2.47. The molecule has 2 amide bonds. The molecule has 0 unspecified atom stereocenters. The van der Waals surface area contributed by atoms with Crippen molar-refractivity contribution in [2.24, 2.45) is 5.73 Å². The number of nitrogens with zero attached hydrogens (tertiary/aromatic N) is 2. The van der Waals surface area contributed by atoms with E-state index in [1.165, 1.54) is 12.0 Å². The smallest absolute Gasteiger partial charge is 0.356 e. The number of allylic oxidation sites excluding steroid dienone is 1. The van der Waals surface area contributed by atoms with E-state index in [4.69, 9.17) is 15.2 Å². The van der Waals surface area contributed by atoms with Crippen LogP contribution in [0.3, 0.4) is 0 Å². The Kier molecular flexibility index (Phi) is 4.35. The number of benzene rings is 1. The molecule has 2 fully saturated rings. The largest absolute Gasteiger partial charge is 0.495 e. The van der Waals surface area contributed by atoms with Crippen LogP contribution in [0.15, 0.2) is 47.4 Å². The van der Waals surface area contributed by atoms with Crippen molar-refractivity contribution >= 4 is 29.3 Å². The van der Waals surface area contributed by atoms with Crippen LogP contribution >= 0.6 is 0 Å². The van der Waals surface area contributed by atoms with E-state index in [9.17, 15) is 24.3 Å². The van der Waals surface area contributed by atoms with Crippen LogP contribution in [0.1, 0.15) is 0 Å². The second-order valence-electron chi connectivity index (χ2n) is 6.67. The molecule has 0 spiro atoms. The van der Waals surface area contributed by atoms with Crippen LogP contribution in [0.25, 0.3) is 0 Å². The van der Waals surface area contributed by atoms with Crippen LogP contribution in [-0.4, -0.2) is 65.9 Å². The summed E-state index contributed by atoms with van der Waals surface area (Å²) in [6, 6.07) is 5.29. The van der Waals surface area contributed by atoms with Crippen LogP contribution < -0.4 is 15.4 Å². The van der Waals surface area contributed by atoms with Crippen molar-refractivity contribution in [1.29, 1.82) is 0 Å². The second-order valence-corrected chi connectivity index (χ2v) is 6.67. The molecule has 0 saturated carbocycles. The molecule has 2 saturated heterocycles. The van der Waals surface area contributed by atoms with Crippen LogP contribution in [0, 0.1) is 0 Å². The van der Waals surface area contributed by atoms with Crippen LogP contribution in [0.5, 0.6) is 5.75 Å². The average molecular weight is 399 g/mol. The van der Waals surface area contributed by atoms with Gasteiger partial charge in [-0.1, -0.05) is 12.1 Å². The fourth-order valence-electron chi connectivity index (χ4n) is 3.59. The predicted octanol–water partition coefficient (Wildman–Crippen LogP) is -0.598. The Hall–Kier alpha value is -3.66. The number of Topliss-reactive ketones (excluding diaryl/α,β-unsaturated/α-hetero) is 1. The van der Waals surface area contributed by atoms with Gasteiger partial charge in [0.15, 0.2) is 17.2 Å². The van der Waals surface area contributed by atoms with Crippen molar-refractivity contribution in [3.63, 3.8) is 0 Å². The van der Waals surface area contributed by atoms with Gasteiger partial charge in [-0.15, -0.1) is 0 Å². The lowest BCUT2D eigenvalue weighted by atomic mass is 9.93. The molecular formula is C19H17N3O7. The normalized spacial score (nSPS) is 25.2. The van der Waals surface area contributed by atoms with E-state index in [0.29, 0.717) is 11.4 Å². The van der Waals surface area contributed by atoms with E-state index < -0.39 is 41.3 Å². The Morgan fingerprint density at radius 2 is 2.03 bits per heavy atom. The van der Waals surface area contributed by atoms with Gasteiger partial charge in [0.05, 0.1) is 31.0 Å². The Morgan fingerprint density at radius 3 is 2.72 bits per heavy atom. The number of rotatable bonds is 4. The Labute approximate surface area is 164 Å². The molecule has 1 aromatic rings. The highest BCUT2D eigenvalue weighted by atomic mass is 16.5. The number of fused-ring (bicyclic) bond motifs is 1. The van der Waals surface area contributed by atoms with E-state index in [-0.39, 0.29) is 24.5 Å². The first-order chi connectivity index (χ1) is 13.8. The third-order valence-electron chi connectivity index (χ3n) is 5.08. The summed E-state index contributed by atoms with van der Waals surface area (Å²) >= 11 is 0. The topological polar surface area (TPSA) is 139 Å². The van der Waals surface area contributed by atoms with Gasteiger partial charge in [0, 0.05) is 0 Å². The average Bonchev–Trinajstić information content (AvgIpc) is 3.00. The molecule has 3 heterocycles. The number of amides is 2. The highest BCUT2D eigenvalue weighted by molar-refractivity contribution is 6.32. The van der Waals surface area contributed by atoms with E-state index in [1.807, 2.05) is 0 Å². The number of ether oxygens (including phenoxy) is 2. The second kappa shape index (κ2) is 6.74. The van der Waals surface area contributed by atoms with Crippen molar-refractivity contribution in [3.8, 4) is 5.75 Å². The monoisotopic (exact) mass is 399 g/mol. The van der Waals surface area contributed by atoms with Gasteiger partial charge in [0.2, 0.25) is 5.91 Å². The molecule has 3 aliphatic rings. The zero-order valence-electron chi connectivity index (χ0n) is 15.3. The number of carboxylic acid groups (broad SMARTS) is 1. The quantitative estimate of drug-likeness (QED) is 0.389. The molecule has 3 aliphatic heterocycles. The lowest BCUT2D eigenvalue weighted by Crippen LogP contribution is -2.71. The van der Waals surface area contributed by atoms with E-state index in [1.54, 1.807) is 24.3 Å². The zero-order chi connectivity index (χ0) is 20.9. The fourth-order valence-corrected chi connectivity index (χ4v) is 3.59. The summed E-state index contributed by atoms with van der Waals surface area (Å²) in [5, 5.41) is 9.54. The Morgan fingerprint density at radius 1 is 1.31 bits per heavy atom. The molecular weight excluding hydrogens is 382 g/mol. The molecule has 0 aliphatic carbocycles. The van der Waals surface area contributed by atoms with Gasteiger partial charge in [-0.2, -0.15) is 0 Å². The summed E-state index contributed by atoms with van der Waals surface area (Å²) in [6.45, 7) is -0.252. The van der Waals surface area contributed by atoms with Gasteiger partial charge < -0.3 is 20.3 Å². The van der Waals surface area contributed by atoms with Crippen molar-refractivity contribution in [3.05, 3.63) is 47.4 Å². The van der Waals surface area contributed by atoms with Gasteiger partial charge >= 0.3 is 5.97 Å². The summed E-state index contributed by atoms with van der Waals surface area (Å²) in [6.07, 6.45) is 1.08. The molecule has 0 bridgehead atoms. The van der Waals surface area contributed by atoms with Crippen LogP contribution in [0.4, 0.5) is 5.69 Å². The summed E-state index contributed by atoms with van der Waals surface area (Å²) in [4.78, 5) is 51.4. The van der Waals surface area contributed by atoms with E-state index in [2.05, 4.69) is 0 Å². The number of carbonyl (C=O) groups excluding carboxylic acids is 3. The van der Waals surface area contributed by atoms with Gasteiger partial charge in [-0.25, -0.2) is 4.79 Å². The molecule has 3 N–H and O–H groups in total. The van der Waals surface area contributed by atoms with Gasteiger partial charge in [-0.05, 0) is 18.2 Å². The number of nitrogens with two attached hydrogens (primary N) is 1. The first-order valence-corrected chi connectivity index (χ1v) is 8.74. The summed E-state index contributed by atoms with van der Waals surface area (Å²) < 4.78 is 10.7. The summed E-state index contributed by atoms with van der Waals surface area (Å²) in [7, 11) is 1.45. The third-order valence-corrected chi connectivity index (χ3v) is 5.08. The minimum absolute atomic E-state index is 0.0264. The molecule has 0 aromatic heterocycles. The molecule has 2 atom stereocenters. The van der Waals surface area contributed by atoms with E-state index >= 15 is 0 Å². The number of aliphatic carboxylic acids is 1. The molecule has 10 nitrogen and oxygen atoms in total. The molecule has 4 rings (SSSR count). The predicted molar refractivity (Wildman–Crippen MR) is 97.7 cm³/mol. The molecule has 1 aromatic carbocycles. The number of para-hydroxylation sites is 2. The lowest BCUT2D eigenvalue weighted by molar-refractivity contribution is -0.156. The van der Waals surface area contributed by atoms with Gasteiger partial charge in [0.1, 0.15) is 18.4 Å². The van der Waals surface area contributed by atoms with Crippen LogP contribution in [-0.2, 0) is 23.9 Å². The summed E-state index contributed by atoms with van der Waals surface area (Å²) in [5.74, 6) is -2.90. The zero-order valence-corrected chi connectivity index (χ0v) is 15.3. The summed E-state index contributed by atoms with van der Waals surface area (Å²) in [5.41, 5.74) is 5.42. The minimum Gasteiger partial charge on any atom is -0.495 e. The van der Waals surface area contributed by atoms with Crippen LogP contribution in [0.2, 0.25) is 0 Å². The molecule has 10 heteroatoms. The molecule has 150 valence electrons. The molecule has 29 heavy (non-hydrogen) atoms. The van der Waals surface area contributed by atoms with Crippen molar-refractivity contribution in [1.82, 2.24) is 4.90 Å². The number of carboxylic acids is 1.